The standard InChI is InChI=1S/C13H17N3O3S/c1-6-19-13(17)10-8(3)20-11(14-10)9-7(2)15-16(4)12(9)18-5/h6H2,1-5H3. The van der Waals surface area contributed by atoms with Crippen molar-refractivity contribution >= 4 is 17.3 Å². The van der Waals surface area contributed by atoms with Crippen LogP contribution < -0.4 is 4.74 Å². The Hall–Kier alpha value is -1.89. The summed E-state index contributed by atoms with van der Waals surface area (Å²) in [5.74, 6) is 0.236. The van der Waals surface area contributed by atoms with Crippen LogP contribution in [0.15, 0.2) is 0 Å². The van der Waals surface area contributed by atoms with Crippen LogP contribution in [-0.2, 0) is 11.8 Å². The van der Waals surface area contributed by atoms with Crippen molar-refractivity contribution in [3.63, 3.8) is 0 Å². The molecule has 2 aromatic heterocycles. The van der Waals surface area contributed by atoms with Crippen LogP contribution in [0.2, 0.25) is 0 Å². The molecule has 0 unspecified atom stereocenters. The summed E-state index contributed by atoms with van der Waals surface area (Å²) in [7, 11) is 3.40. The van der Waals surface area contributed by atoms with Gasteiger partial charge in [-0.3, -0.25) is 0 Å². The predicted octanol–water partition coefficient (Wildman–Crippen LogP) is 2.35. The van der Waals surface area contributed by atoms with E-state index >= 15 is 0 Å². The van der Waals surface area contributed by atoms with Crippen LogP contribution in [0.3, 0.4) is 0 Å². The summed E-state index contributed by atoms with van der Waals surface area (Å²) in [6.45, 7) is 5.85. The Bertz CT molecular complexity index is 646. The quantitative estimate of drug-likeness (QED) is 0.810. The third-order valence-corrected chi connectivity index (χ3v) is 3.83. The van der Waals surface area contributed by atoms with Gasteiger partial charge in [0.2, 0.25) is 5.88 Å². The largest absolute Gasteiger partial charge is 0.481 e. The first-order chi connectivity index (χ1) is 9.49. The summed E-state index contributed by atoms with van der Waals surface area (Å²) >= 11 is 1.43. The van der Waals surface area contributed by atoms with E-state index in [1.54, 1.807) is 18.7 Å². The van der Waals surface area contributed by atoms with Crippen molar-refractivity contribution in [2.75, 3.05) is 13.7 Å². The average molecular weight is 295 g/mol. The molecular weight excluding hydrogens is 278 g/mol. The highest BCUT2D eigenvalue weighted by Crippen LogP contribution is 2.36. The van der Waals surface area contributed by atoms with Gasteiger partial charge in [0.25, 0.3) is 0 Å². The van der Waals surface area contributed by atoms with E-state index in [1.807, 2.05) is 20.9 Å². The first-order valence-corrected chi connectivity index (χ1v) is 7.03. The normalized spacial score (nSPS) is 10.7. The number of hydrogen-bond acceptors (Lipinski definition) is 6. The van der Waals surface area contributed by atoms with E-state index in [9.17, 15) is 4.79 Å². The number of ether oxygens (including phenoxy) is 2. The van der Waals surface area contributed by atoms with Crippen LogP contribution in [0.5, 0.6) is 5.88 Å². The molecule has 0 N–H and O–H groups in total. The zero-order valence-electron chi connectivity index (χ0n) is 12.2. The van der Waals surface area contributed by atoms with Crippen molar-refractivity contribution < 1.29 is 14.3 Å². The lowest BCUT2D eigenvalue weighted by atomic mass is 10.2. The van der Waals surface area contributed by atoms with Crippen LogP contribution >= 0.6 is 11.3 Å². The number of thiazole rings is 1. The van der Waals surface area contributed by atoms with Crippen molar-refractivity contribution in [2.45, 2.75) is 20.8 Å². The van der Waals surface area contributed by atoms with Gasteiger partial charge in [0.1, 0.15) is 5.01 Å². The lowest BCUT2D eigenvalue weighted by Crippen LogP contribution is -2.06. The molecule has 6 nitrogen and oxygen atoms in total. The lowest BCUT2D eigenvalue weighted by Gasteiger charge is -2.01. The SMILES string of the molecule is CCOC(=O)c1nc(-c2c(C)nn(C)c2OC)sc1C. The average Bonchev–Trinajstić information content (AvgIpc) is 2.89. The molecule has 0 aliphatic heterocycles. The van der Waals surface area contributed by atoms with Gasteiger partial charge in [-0.2, -0.15) is 5.10 Å². The zero-order valence-corrected chi connectivity index (χ0v) is 13.0. The maximum absolute atomic E-state index is 11.8. The summed E-state index contributed by atoms with van der Waals surface area (Å²) in [4.78, 5) is 17.0. The van der Waals surface area contributed by atoms with Crippen LogP contribution in [0, 0.1) is 13.8 Å². The van der Waals surface area contributed by atoms with Gasteiger partial charge >= 0.3 is 5.97 Å². The molecule has 0 fully saturated rings. The van der Waals surface area contributed by atoms with Crippen LogP contribution in [0.1, 0.15) is 28.0 Å². The molecule has 20 heavy (non-hydrogen) atoms. The third kappa shape index (κ3) is 2.40. The summed E-state index contributed by atoms with van der Waals surface area (Å²) in [6, 6.07) is 0. The first kappa shape index (κ1) is 14.5. The van der Waals surface area contributed by atoms with Crippen molar-refractivity contribution in [3.05, 3.63) is 16.3 Å². The van der Waals surface area contributed by atoms with E-state index in [0.29, 0.717) is 23.2 Å². The Morgan fingerprint density at radius 2 is 2.10 bits per heavy atom. The minimum absolute atomic E-state index is 0.334. The summed E-state index contributed by atoms with van der Waals surface area (Å²) in [6.07, 6.45) is 0. The second-order valence-electron chi connectivity index (χ2n) is 4.24. The van der Waals surface area contributed by atoms with E-state index < -0.39 is 5.97 Å². The molecule has 2 rings (SSSR count). The smallest absolute Gasteiger partial charge is 0.358 e. The summed E-state index contributed by atoms with van der Waals surface area (Å²) in [5, 5.41) is 5.04. The van der Waals surface area contributed by atoms with Gasteiger partial charge in [-0.1, -0.05) is 0 Å². The lowest BCUT2D eigenvalue weighted by molar-refractivity contribution is 0.0519. The van der Waals surface area contributed by atoms with Crippen molar-refractivity contribution in [3.8, 4) is 16.5 Å². The minimum Gasteiger partial charge on any atom is -0.481 e. The van der Waals surface area contributed by atoms with E-state index in [1.165, 1.54) is 11.3 Å². The van der Waals surface area contributed by atoms with Gasteiger partial charge in [0, 0.05) is 11.9 Å². The van der Waals surface area contributed by atoms with Gasteiger partial charge in [0.05, 0.1) is 25.0 Å². The number of aromatic nitrogens is 3. The maximum atomic E-state index is 11.8. The second-order valence-corrected chi connectivity index (χ2v) is 5.44. The van der Waals surface area contributed by atoms with Crippen molar-refractivity contribution in [1.82, 2.24) is 14.8 Å². The molecule has 0 saturated heterocycles. The molecule has 0 atom stereocenters. The first-order valence-electron chi connectivity index (χ1n) is 6.22. The monoisotopic (exact) mass is 295 g/mol. The van der Waals surface area contributed by atoms with Crippen molar-refractivity contribution in [1.29, 1.82) is 0 Å². The molecule has 0 spiro atoms. The molecule has 0 aliphatic carbocycles. The number of carbonyl (C=O) groups is 1. The van der Waals surface area contributed by atoms with E-state index in [-0.39, 0.29) is 0 Å². The Labute approximate surface area is 121 Å². The van der Waals surface area contributed by atoms with Crippen LogP contribution in [0.4, 0.5) is 0 Å². The fraction of sp³-hybridized carbons (Fsp3) is 0.462. The van der Waals surface area contributed by atoms with Crippen LogP contribution in [-0.4, -0.2) is 34.5 Å². The highest BCUT2D eigenvalue weighted by molar-refractivity contribution is 7.15. The molecule has 2 aromatic rings. The Balaban J connectivity index is 2.50. The van der Waals surface area contributed by atoms with E-state index in [0.717, 1.165) is 16.1 Å². The van der Waals surface area contributed by atoms with Gasteiger partial charge < -0.3 is 9.47 Å². The molecule has 7 heteroatoms. The molecule has 0 radical (unpaired) electrons. The van der Waals surface area contributed by atoms with Gasteiger partial charge in [-0.05, 0) is 20.8 Å². The number of nitrogens with zero attached hydrogens (tertiary/aromatic N) is 3. The Kier molecular flexibility index (Phi) is 4.08. The van der Waals surface area contributed by atoms with Crippen molar-refractivity contribution in [2.24, 2.45) is 7.05 Å². The second kappa shape index (κ2) is 5.62. The Morgan fingerprint density at radius 1 is 1.40 bits per heavy atom. The predicted molar refractivity (Wildman–Crippen MR) is 76.3 cm³/mol. The summed E-state index contributed by atoms with van der Waals surface area (Å²) in [5.41, 5.74) is 1.99. The molecule has 0 aromatic carbocycles. The van der Waals surface area contributed by atoms with Gasteiger partial charge in [-0.15, -0.1) is 11.3 Å². The number of aryl methyl sites for hydroxylation is 3. The van der Waals surface area contributed by atoms with E-state index in [4.69, 9.17) is 9.47 Å². The fourth-order valence-corrected chi connectivity index (χ4v) is 3.00. The third-order valence-electron chi connectivity index (χ3n) is 2.84. The van der Waals surface area contributed by atoms with Crippen LogP contribution in [0.25, 0.3) is 10.6 Å². The zero-order chi connectivity index (χ0) is 14.9. The number of rotatable bonds is 4. The molecule has 2 heterocycles. The molecule has 0 aliphatic rings. The number of carbonyl (C=O) groups excluding carboxylic acids is 1. The van der Waals surface area contributed by atoms with Gasteiger partial charge in [-0.25, -0.2) is 14.5 Å². The Morgan fingerprint density at radius 3 is 2.70 bits per heavy atom. The molecule has 0 bridgehead atoms. The highest BCUT2D eigenvalue weighted by Gasteiger charge is 2.23. The maximum Gasteiger partial charge on any atom is 0.358 e. The topological polar surface area (TPSA) is 66.2 Å². The minimum atomic E-state index is -0.395. The highest BCUT2D eigenvalue weighted by atomic mass is 32.1. The van der Waals surface area contributed by atoms with E-state index in [2.05, 4.69) is 10.1 Å². The molecule has 0 saturated carbocycles. The summed E-state index contributed by atoms with van der Waals surface area (Å²) < 4.78 is 12.0. The fourth-order valence-electron chi connectivity index (χ4n) is 2.01. The number of esters is 1. The number of methoxy groups -OCH3 is 1. The molecular formula is C13H17N3O3S. The molecule has 0 amide bonds. The number of hydrogen-bond donors (Lipinski definition) is 0. The van der Waals surface area contributed by atoms with Gasteiger partial charge in [0.15, 0.2) is 5.69 Å². The molecule has 108 valence electrons.